The Morgan fingerprint density at radius 3 is 2.47 bits per heavy atom. The van der Waals surface area contributed by atoms with Gasteiger partial charge in [0, 0.05) is 62.3 Å². The zero-order chi connectivity index (χ0) is 23.8. The minimum Gasteiger partial charge on any atom is -0.350 e. The SMILES string of the molecule is CC1CCCN1c1nc(-c2ccc(F)c(Cl)c2)cc(N2CCN(c3nccnc3Cl)C[C@H]2C)n1. The lowest BCUT2D eigenvalue weighted by atomic mass is 10.1. The second-order valence-electron chi connectivity index (χ2n) is 8.88. The van der Waals surface area contributed by atoms with Crippen LogP contribution in [0, 0.1) is 5.82 Å². The molecule has 2 aliphatic heterocycles. The first kappa shape index (κ1) is 23.1. The second-order valence-corrected chi connectivity index (χ2v) is 9.65. The summed E-state index contributed by atoms with van der Waals surface area (Å²) in [6.07, 6.45) is 5.47. The Morgan fingerprint density at radius 2 is 1.76 bits per heavy atom. The molecule has 4 heterocycles. The largest absolute Gasteiger partial charge is 0.350 e. The molecule has 2 fully saturated rings. The smallest absolute Gasteiger partial charge is 0.228 e. The Balaban J connectivity index is 1.49. The van der Waals surface area contributed by atoms with Crippen LogP contribution in [0.4, 0.5) is 22.0 Å². The molecule has 0 bridgehead atoms. The Morgan fingerprint density at radius 1 is 0.941 bits per heavy atom. The molecule has 7 nitrogen and oxygen atoms in total. The van der Waals surface area contributed by atoms with Crippen LogP contribution in [0.2, 0.25) is 10.2 Å². The van der Waals surface area contributed by atoms with Crippen molar-refractivity contribution in [2.45, 2.75) is 38.8 Å². The van der Waals surface area contributed by atoms with Crippen LogP contribution in [0.5, 0.6) is 0 Å². The fourth-order valence-corrected chi connectivity index (χ4v) is 5.15. The first-order valence-corrected chi connectivity index (χ1v) is 12.3. The number of anilines is 3. The summed E-state index contributed by atoms with van der Waals surface area (Å²) in [6, 6.07) is 7.20. The third kappa shape index (κ3) is 4.49. The molecule has 3 aromatic rings. The van der Waals surface area contributed by atoms with E-state index in [1.54, 1.807) is 24.5 Å². The van der Waals surface area contributed by atoms with Gasteiger partial charge in [-0.2, -0.15) is 4.98 Å². The predicted molar refractivity (Wildman–Crippen MR) is 135 cm³/mol. The number of hydrogen-bond acceptors (Lipinski definition) is 7. The lowest BCUT2D eigenvalue weighted by molar-refractivity contribution is 0.541. The average Bonchev–Trinajstić information content (AvgIpc) is 3.26. The molecule has 1 aromatic carbocycles. The number of piperazine rings is 1. The molecule has 0 radical (unpaired) electrons. The molecule has 2 saturated heterocycles. The van der Waals surface area contributed by atoms with Crippen molar-refractivity contribution in [1.82, 2.24) is 19.9 Å². The van der Waals surface area contributed by atoms with E-state index in [4.69, 9.17) is 33.2 Å². The average molecular weight is 502 g/mol. The van der Waals surface area contributed by atoms with Gasteiger partial charge in [0.05, 0.1) is 10.7 Å². The molecule has 1 unspecified atom stereocenters. The van der Waals surface area contributed by atoms with Crippen LogP contribution in [-0.4, -0.2) is 58.2 Å². The fourth-order valence-electron chi connectivity index (χ4n) is 4.75. The van der Waals surface area contributed by atoms with E-state index in [1.165, 1.54) is 6.07 Å². The van der Waals surface area contributed by atoms with E-state index in [0.29, 0.717) is 23.0 Å². The highest BCUT2D eigenvalue weighted by molar-refractivity contribution is 6.31. The van der Waals surface area contributed by atoms with Crippen molar-refractivity contribution < 1.29 is 4.39 Å². The van der Waals surface area contributed by atoms with Gasteiger partial charge in [-0.05, 0) is 44.9 Å². The summed E-state index contributed by atoms with van der Waals surface area (Å²) < 4.78 is 13.8. The predicted octanol–water partition coefficient (Wildman–Crippen LogP) is 5.08. The molecule has 5 rings (SSSR count). The number of halogens is 3. The molecule has 10 heteroatoms. The summed E-state index contributed by atoms with van der Waals surface area (Å²) in [5, 5.41) is 0.488. The second kappa shape index (κ2) is 9.50. The van der Waals surface area contributed by atoms with Crippen molar-refractivity contribution in [2.24, 2.45) is 0 Å². The third-order valence-corrected chi connectivity index (χ3v) is 7.14. The number of aromatic nitrogens is 4. The Labute approximate surface area is 208 Å². The quantitative estimate of drug-likeness (QED) is 0.493. The van der Waals surface area contributed by atoms with Crippen molar-refractivity contribution in [2.75, 3.05) is 40.9 Å². The highest BCUT2D eigenvalue weighted by Gasteiger charge is 2.29. The summed E-state index contributed by atoms with van der Waals surface area (Å²) in [5.41, 5.74) is 1.49. The Bertz CT molecular complexity index is 1190. The summed E-state index contributed by atoms with van der Waals surface area (Å²) in [7, 11) is 0. The van der Waals surface area contributed by atoms with E-state index in [-0.39, 0.29) is 11.1 Å². The molecule has 0 amide bonds. The number of nitrogens with zero attached hydrogens (tertiary/aromatic N) is 7. The summed E-state index contributed by atoms with van der Waals surface area (Å²) >= 11 is 12.4. The molecule has 34 heavy (non-hydrogen) atoms. The first-order valence-electron chi connectivity index (χ1n) is 11.5. The normalized spacial score (nSPS) is 20.8. The Hall–Kier alpha value is -2.71. The number of rotatable bonds is 4. The lowest BCUT2D eigenvalue weighted by Gasteiger charge is -2.41. The van der Waals surface area contributed by atoms with Crippen LogP contribution >= 0.6 is 23.2 Å². The van der Waals surface area contributed by atoms with Gasteiger partial charge in [-0.15, -0.1) is 0 Å². The molecule has 2 atom stereocenters. The molecule has 0 spiro atoms. The molecule has 0 aliphatic carbocycles. The van der Waals surface area contributed by atoms with Gasteiger partial charge in [0.25, 0.3) is 0 Å². The van der Waals surface area contributed by atoms with Crippen LogP contribution in [0.1, 0.15) is 26.7 Å². The van der Waals surface area contributed by atoms with E-state index in [9.17, 15) is 4.39 Å². The van der Waals surface area contributed by atoms with E-state index in [2.05, 4.69) is 38.5 Å². The van der Waals surface area contributed by atoms with Gasteiger partial charge in [0.2, 0.25) is 5.95 Å². The van der Waals surface area contributed by atoms with Gasteiger partial charge in [0.15, 0.2) is 11.0 Å². The van der Waals surface area contributed by atoms with E-state index >= 15 is 0 Å². The minimum atomic E-state index is -0.444. The van der Waals surface area contributed by atoms with Crippen LogP contribution < -0.4 is 14.7 Å². The van der Waals surface area contributed by atoms with E-state index in [0.717, 1.165) is 56.1 Å². The van der Waals surface area contributed by atoms with Crippen LogP contribution in [0.25, 0.3) is 11.3 Å². The van der Waals surface area contributed by atoms with Gasteiger partial charge < -0.3 is 14.7 Å². The molecule has 2 aromatic heterocycles. The molecule has 0 saturated carbocycles. The summed E-state index contributed by atoms with van der Waals surface area (Å²) in [6.45, 7) is 7.48. The van der Waals surface area contributed by atoms with Crippen molar-refractivity contribution in [3.8, 4) is 11.3 Å². The van der Waals surface area contributed by atoms with Gasteiger partial charge in [-0.1, -0.05) is 23.2 Å². The summed E-state index contributed by atoms with van der Waals surface area (Å²) in [5.74, 6) is 1.80. The maximum absolute atomic E-state index is 13.8. The van der Waals surface area contributed by atoms with Crippen molar-refractivity contribution >= 4 is 40.8 Å². The topological polar surface area (TPSA) is 61.3 Å². The maximum atomic E-state index is 13.8. The van der Waals surface area contributed by atoms with Crippen molar-refractivity contribution in [1.29, 1.82) is 0 Å². The van der Waals surface area contributed by atoms with Gasteiger partial charge >= 0.3 is 0 Å². The molecular weight excluding hydrogens is 476 g/mol. The first-order chi connectivity index (χ1) is 16.4. The molecular formula is C24H26Cl2FN7. The van der Waals surface area contributed by atoms with Gasteiger partial charge in [-0.3, -0.25) is 0 Å². The van der Waals surface area contributed by atoms with Crippen molar-refractivity contribution in [3.63, 3.8) is 0 Å². The zero-order valence-electron chi connectivity index (χ0n) is 19.1. The lowest BCUT2D eigenvalue weighted by Crippen LogP contribution is -2.53. The molecule has 0 N–H and O–H groups in total. The third-order valence-electron chi connectivity index (χ3n) is 6.58. The van der Waals surface area contributed by atoms with Crippen LogP contribution in [0.15, 0.2) is 36.7 Å². The maximum Gasteiger partial charge on any atom is 0.228 e. The Kier molecular flexibility index (Phi) is 6.44. The summed E-state index contributed by atoms with van der Waals surface area (Å²) in [4.78, 5) is 25.1. The van der Waals surface area contributed by atoms with Crippen molar-refractivity contribution in [3.05, 3.63) is 52.7 Å². The van der Waals surface area contributed by atoms with E-state index in [1.807, 2.05) is 6.07 Å². The minimum absolute atomic E-state index is 0.0802. The van der Waals surface area contributed by atoms with E-state index < -0.39 is 5.82 Å². The van der Waals surface area contributed by atoms with Gasteiger partial charge in [-0.25, -0.2) is 19.3 Å². The van der Waals surface area contributed by atoms with Crippen LogP contribution in [-0.2, 0) is 0 Å². The standard InChI is InChI=1S/C24H26Cl2FN7/c1-15-4-3-9-34(15)24-30-20(17-5-6-19(27)18(25)12-17)13-21(31-24)33-11-10-32(14-16(33)2)23-22(26)28-7-8-29-23/h5-8,12-13,15-16H,3-4,9-11,14H2,1-2H3/t15?,16-/m1/s1. The zero-order valence-corrected chi connectivity index (χ0v) is 20.6. The molecule has 2 aliphatic rings. The highest BCUT2D eigenvalue weighted by Crippen LogP contribution is 2.32. The molecule has 178 valence electrons. The monoisotopic (exact) mass is 501 g/mol. The fraction of sp³-hybridized carbons (Fsp3) is 0.417. The number of benzene rings is 1. The van der Waals surface area contributed by atoms with Gasteiger partial charge in [0.1, 0.15) is 11.6 Å². The number of hydrogen-bond donors (Lipinski definition) is 0. The van der Waals surface area contributed by atoms with Crippen LogP contribution in [0.3, 0.4) is 0 Å². The highest BCUT2D eigenvalue weighted by atomic mass is 35.5.